The molecule has 2 nitrogen and oxygen atoms in total. The SMILES string of the molecule is CC(Cl)c1nc2ccc(F)cc2n1-c1ccc(Br)cc1Cl. The van der Waals surface area contributed by atoms with E-state index in [-0.39, 0.29) is 11.2 Å². The topological polar surface area (TPSA) is 17.8 Å². The molecule has 0 aliphatic carbocycles. The number of alkyl halides is 1. The van der Waals surface area contributed by atoms with Crippen molar-refractivity contribution in [2.24, 2.45) is 0 Å². The van der Waals surface area contributed by atoms with Gasteiger partial charge in [-0.25, -0.2) is 9.37 Å². The maximum absolute atomic E-state index is 13.6. The number of benzene rings is 2. The number of hydrogen-bond donors (Lipinski definition) is 0. The second-order valence-corrected chi connectivity index (χ2v) is 6.63. The van der Waals surface area contributed by atoms with Crippen molar-refractivity contribution in [2.45, 2.75) is 12.3 Å². The summed E-state index contributed by atoms with van der Waals surface area (Å²) in [4.78, 5) is 4.49. The summed E-state index contributed by atoms with van der Waals surface area (Å²) in [6.45, 7) is 1.82. The molecule has 0 saturated heterocycles. The lowest BCUT2D eigenvalue weighted by Gasteiger charge is -2.12. The van der Waals surface area contributed by atoms with Gasteiger partial charge in [0.05, 0.1) is 27.1 Å². The van der Waals surface area contributed by atoms with Crippen molar-refractivity contribution in [3.05, 3.63) is 57.5 Å². The van der Waals surface area contributed by atoms with Crippen molar-refractivity contribution < 1.29 is 4.39 Å². The predicted molar refractivity (Wildman–Crippen MR) is 88.0 cm³/mol. The molecule has 1 unspecified atom stereocenters. The average Bonchev–Trinajstić information content (AvgIpc) is 2.77. The Balaban J connectivity index is 2.38. The maximum Gasteiger partial charge on any atom is 0.132 e. The van der Waals surface area contributed by atoms with Gasteiger partial charge < -0.3 is 0 Å². The van der Waals surface area contributed by atoms with Gasteiger partial charge in [0.15, 0.2) is 0 Å². The number of hydrogen-bond acceptors (Lipinski definition) is 1. The highest BCUT2D eigenvalue weighted by Crippen LogP contribution is 2.33. The van der Waals surface area contributed by atoms with Crippen LogP contribution in [0.3, 0.4) is 0 Å². The lowest BCUT2D eigenvalue weighted by Crippen LogP contribution is -2.02. The Labute approximate surface area is 139 Å². The smallest absolute Gasteiger partial charge is 0.132 e. The molecule has 0 spiro atoms. The summed E-state index contributed by atoms with van der Waals surface area (Å²) < 4.78 is 16.3. The molecule has 0 radical (unpaired) electrons. The summed E-state index contributed by atoms with van der Waals surface area (Å²) in [7, 11) is 0. The monoisotopic (exact) mass is 386 g/mol. The summed E-state index contributed by atoms with van der Waals surface area (Å²) in [5, 5.41) is 0.201. The third-order valence-electron chi connectivity index (χ3n) is 3.15. The molecule has 0 bridgehead atoms. The normalized spacial score (nSPS) is 12.8. The van der Waals surface area contributed by atoms with E-state index in [2.05, 4.69) is 20.9 Å². The Morgan fingerprint density at radius 1 is 1.24 bits per heavy atom. The summed E-state index contributed by atoms with van der Waals surface area (Å²) in [5.74, 6) is 0.298. The first kappa shape index (κ1) is 14.8. The predicted octanol–water partition coefficient (Wildman–Crippen LogP) is 5.88. The van der Waals surface area contributed by atoms with Gasteiger partial charge in [-0.1, -0.05) is 27.5 Å². The number of rotatable bonds is 2. The molecule has 0 N–H and O–H groups in total. The Morgan fingerprint density at radius 3 is 2.67 bits per heavy atom. The molecule has 0 fully saturated rings. The average molecular weight is 388 g/mol. The van der Waals surface area contributed by atoms with Crippen LogP contribution in [0.5, 0.6) is 0 Å². The lowest BCUT2D eigenvalue weighted by atomic mass is 10.2. The first-order valence-electron chi connectivity index (χ1n) is 6.25. The zero-order valence-electron chi connectivity index (χ0n) is 10.9. The number of imidazole rings is 1. The van der Waals surface area contributed by atoms with Gasteiger partial charge in [0, 0.05) is 10.5 Å². The molecule has 2 aromatic carbocycles. The van der Waals surface area contributed by atoms with Gasteiger partial charge in [-0.3, -0.25) is 4.57 Å². The van der Waals surface area contributed by atoms with E-state index in [0.717, 1.165) is 10.2 Å². The van der Waals surface area contributed by atoms with E-state index < -0.39 is 0 Å². The van der Waals surface area contributed by atoms with E-state index in [4.69, 9.17) is 23.2 Å². The van der Waals surface area contributed by atoms with E-state index in [1.807, 2.05) is 19.1 Å². The molecule has 108 valence electrons. The Morgan fingerprint density at radius 2 is 2.00 bits per heavy atom. The fraction of sp³-hybridized carbons (Fsp3) is 0.133. The molecule has 21 heavy (non-hydrogen) atoms. The number of fused-ring (bicyclic) bond motifs is 1. The number of aromatic nitrogens is 2. The van der Waals surface area contributed by atoms with Crippen molar-refractivity contribution in [3.63, 3.8) is 0 Å². The van der Waals surface area contributed by atoms with E-state index in [1.165, 1.54) is 12.1 Å². The van der Waals surface area contributed by atoms with Crippen molar-refractivity contribution in [1.82, 2.24) is 9.55 Å². The molecule has 1 atom stereocenters. The van der Waals surface area contributed by atoms with Crippen LogP contribution in [-0.2, 0) is 0 Å². The van der Waals surface area contributed by atoms with E-state index in [9.17, 15) is 4.39 Å². The van der Waals surface area contributed by atoms with Gasteiger partial charge in [0.2, 0.25) is 0 Å². The highest BCUT2D eigenvalue weighted by atomic mass is 79.9. The zero-order chi connectivity index (χ0) is 15.1. The van der Waals surface area contributed by atoms with Crippen LogP contribution in [0.15, 0.2) is 40.9 Å². The van der Waals surface area contributed by atoms with Crippen LogP contribution in [0.2, 0.25) is 5.02 Å². The van der Waals surface area contributed by atoms with E-state index in [0.29, 0.717) is 21.9 Å². The lowest BCUT2D eigenvalue weighted by molar-refractivity contribution is 0.629. The Hall–Kier alpha value is -1.10. The minimum absolute atomic E-state index is 0.328. The minimum Gasteiger partial charge on any atom is -0.293 e. The van der Waals surface area contributed by atoms with Crippen LogP contribution >= 0.6 is 39.1 Å². The first-order chi connectivity index (χ1) is 9.97. The molecular formula is C15H10BrCl2FN2. The zero-order valence-corrected chi connectivity index (χ0v) is 14.0. The van der Waals surface area contributed by atoms with Crippen molar-refractivity contribution in [2.75, 3.05) is 0 Å². The first-order valence-corrected chi connectivity index (χ1v) is 7.85. The number of halogens is 4. The largest absolute Gasteiger partial charge is 0.293 e. The molecule has 6 heteroatoms. The van der Waals surface area contributed by atoms with Crippen LogP contribution < -0.4 is 0 Å². The van der Waals surface area contributed by atoms with Gasteiger partial charge >= 0.3 is 0 Å². The third-order valence-corrected chi connectivity index (χ3v) is 4.14. The van der Waals surface area contributed by atoms with Gasteiger partial charge in [-0.15, -0.1) is 11.6 Å². The molecule has 1 aromatic heterocycles. The molecule has 3 aromatic rings. The highest BCUT2D eigenvalue weighted by molar-refractivity contribution is 9.10. The molecule has 3 rings (SSSR count). The van der Waals surface area contributed by atoms with Gasteiger partial charge in [-0.2, -0.15) is 0 Å². The molecule has 0 saturated carbocycles. The molecule has 0 aliphatic rings. The van der Waals surface area contributed by atoms with Gasteiger partial charge in [0.25, 0.3) is 0 Å². The molecule has 1 heterocycles. The molecule has 0 amide bonds. The van der Waals surface area contributed by atoms with E-state index in [1.54, 1.807) is 16.7 Å². The maximum atomic E-state index is 13.6. The fourth-order valence-electron chi connectivity index (χ4n) is 2.25. The van der Waals surface area contributed by atoms with Crippen LogP contribution in [0, 0.1) is 5.82 Å². The van der Waals surface area contributed by atoms with Crippen LogP contribution in [0.25, 0.3) is 16.7 Å². The minimum atomic E-state index is -0.333. The third kappa shape index (κ3) is 2.68. The Kier molecular flexibility index (Phi) is 3.95. The summed E-state index contributed by atoms with van der Waals surface area (Å²) in [6, 6.07) is 9.95. The van der Waals surface area contributed by atoms with Crippen molar-refractivity contribution >= 4 is 50.2 Å². The van der Waals surface area contributed by atoms with Gasteiger partial charge in [0.1, 0.15) is 11.6 Å². The second kappa shape index (κ2) is 5.59. The van der Waals surface area contributed by atoms with E-state index >= 15 is 0 Å². The van der Waals surface area contributed by atoms with Crippen LogP contribution in [0.1, 0.15) is 18.1 Å². The number of nitrogens with zero attached hydrogens (tertiary/aromatic N) is 2. The highest BCUT2D eigenvalue weighted by Gasteiger charge is 2.18. The summed E-state index contributed by atoms with van der Waals surface area (Å²) >= 11 is 15.9. The molecule has 0 aliphatic heterocycles. The van der Waals surface area contributed by atoms with Crippen LogP contribution in [0.4, 0.5) is 4.39 Å². The summed E-state index contributed by atoms with van der Waals surface area (Å²) in [5.41, 5.74) is 2.04. The standard InChI is InChI=1S/C15H10BrCl2FN2/c1-8(17)15-20-12-4-3-10(19)7-14(12)21(15)13-5-2-9(16)6-11(13)18/h2-8H,1H3. The fourth-order valence-corrected chi connectivity index (χ4v) is 3.15. The van der Waals surface area contributed by atoms with Crippen molar-refractivity contribution in [3.8, 4) is 5.69 Å². The van der Waals surface area contributed by atoms with Crippen molar-refractivity contribution in [1.29, 1.82) is 0 Å². The summed E-state index contributed by atoms with van der Waals surface area (Å²) in [6.07, 6.45) is 0. The van der Waals surface area contributed by atoms with Gasteiger partial charge in [-0.05, 0) is 37.3 Å². The quantitative estimate of drug-likeness (QED) is 0.502. The Bertz CT molecular complexity index is 830. The second-order valence-electron chi connectivity index (χ2n) is 4.65. The van der Waals surface area contributed by atoms with Crippen LogP contribution in [-0.4, -0.2) is 9.55 Å². The molecular weight excluding hydrogens is 378 g/mol.